The van der Waals surface area contributed by atoms with Crippen molar-refractivity contribution in [1.82, 2.24) is 0 Å². The lowest BCUT2D eigenvalue weighted by atomic mass is 10.2. The summed E-state index contributed by atoms with van der Waals surface area (Å²) in [5.41, 5.74) is 1.81. The molecule has 2 aromatic carbocycles. The highest BCUT2D eigenvalue weighted by atomic mass is 35.5. The van der Waals surface area contributed by atoms with Gasteiger partial charge in [0.05, 0.1) is 16.9 Å². The maximum atomic E-state index is 13.1. The first-order valence-electron chi connectivity index (χ1n) is 7.68. The van der Waals surface area contributed by atoms with Crippen LogP contribution >= 0.6 is 23.2 Å². The Balaban J connectivity index is 1.59. The van der Waals surface area contributed by atoms with Crippen LogP contribution in [0.1, 0.15) is 12.0 Å². The standard InChI is InChI=1S/C18H15Cl2FN2O2/c1-9-13(19)3-2-4-16(9)23-18(25)12-8-11(12)17(24)22-10-5-6-15(21)14(20)7-10/h2-7,11-12H,8H2,1H3,(H,22,24)(H,23,25). The van der Waals surface area contributed by atoms with Gasteiger partial charge in [-0.2, -0.15) is 0 Å². The number of nitrogens with one attached hydrogen (secondary N) is 2. The molecule has 130 valence electrons. The second-order valence-electron chi connectivity index (χ2n) is 5.97. The van der Waals surface area contributed by atoms with Gasteiger partial charge in [-0.25, -0.2) is 4.39 Å². The van der Waals surface area contributed by atoms with E-state index in [1.807, 2.05) is 6.92 Å². The Morgan fingerprint density at radius 2 is 1.72 bits per heavy atom. The number of anilines is 2. The summed E-state index contributed by atoms with van der Waals surface area (Å²) in [7, 11) is 0. The van der Waals surface area contributed by atoms with Crippen LogP contribution in [0.15, 0.2) is 36.4 Å². The highest BCUT2D eigenvalue weighted by Gasteiger charge is 2.48. The Hall–Kier alpha value is -2.11. The van der Waals surface area contributed by atoms with E-state index in [0.717, 1.165) is 5.56 Å². The molecule has 0 heterocycles. The summed E-state index contributed by atoms with van der Waals surface area (Å²) in [4.78, 5) is 24.5. The van der Waals surface area contributed by atoms with Gasteiger partial charge in [-0.3, -0.25) is 9.59 Å². The van der Waals surface area contributed by atoms with Crippen molar-refractivity contribution in [3.63, 3.8) is 0 Å². The van der Waals surface area contributed by atoms with Gasteiger partial charge in [0.1, 0.15) is 5.82 Å². The molecule has 4 nitrogen and oxygen atoms in total. The third-order valence-corrected chi connectivity index (χ3v) is 4.88. The molecular weight excluding hydrogens is 366 g/mol. The minimum absolute atomic E-state index is 0.0701. The van der Waals surface area contributed by atoms with Gasteiger partial charge in [-0.1, -0.05) is 29.3 Å². The number of carbonyl (C=O) groups excluding carboxylic acids is 2. The molecule has 2 amide bonds. The van der Waals surface area contributed by atoms with E-state index in [1.54, 1.807) is 18.2 Å². The number of benzene rings is 2. The molecule has 1 aliphatic rings. The Bertz CT molecular complexity index is 857. The van der Waals surface area contributed by atoms with Crippen molar-refractivity contribution in [2.24, 2.45) is 11.8 Å². The SMILES string of the molecule is Cc1c(Cl)cccc1NC(=O)C1CC1C(=O)Nc1ccc(F)c(Cl)c1. The van der Waals surface area contributed by atoms with Crippen LogP contribution in [0.3, 0.4) is 0 Å². The van der Waals surface area contributed by atoms with E-state index in [0.29, 0.717) is 22.8 Å². The van der Waals surface area contributed by atoms with Crippen molar-refractivity contribution in [3.8, 4) is 0 Å². The molecule has 0 aromatic heterocycles. The van der Waals surface area contributed by atoms with E-state index in [9.17, 15) is 14.0 Å². The van der Waals surface area contributed by atoms with Crippen LogP contribution in [-0.4, -0.2) is 11.8 Å². The fourth-order valence-electron chi connectivity index (χ4n) is 2.55. The highest BCUT2D eigenvalue weighted by Crippen LogP contribution is 2.40. The summed E-state index contributed by atoms with van der Waals surface area (Å²) >= 11 is 11.7. The maximum absolute atomic E-state index is 13.1. The maximum Gasteiger partial charge on any atom is 0.228 e. The van der Waals surface area contributed by atoms with Crippen LogP contribution in [0.2, 0.25) is 10.0 Å². The van der Waals surface area contributed by atoms with E-state index in [1.165, 1.54) is 18.2 Å². The monoisotopic (exact) mass is 380 g/mol. The fourth-order valence-corrected chi connectivity index (χ4v) is 2.91. The molecule has 2 atom stereocenters. The quantitative estimate of drug-likeness (QED) is 0.810. The lowest BCUT2D eigenvalue weighted by Crippen LogP contribution is -2.21. The summed E-state index contributed by atoms with van der Waals surface area (Å²) in [6.07, 6.45) is 0.464. The minimum atomic E-state index is -0.555. The van der Waals surface area contributed by atoms with Crippen LogP contribution in [0.4, 0.5) is 15.8 Å². The first kappa shape index (κ1) is 17.7. The first-order valence-corrected chi connectivity index (χ1v) is 8.44. The summed E-state index contributed by atoms with van der Waals surface area (Å²) in [6.45, 7) is 1.81. The summed E-state index contributed by atoms with van der Waals surface area (Å²) in [5.74, 6) is -1.87. The largest absolute Gasteiger partial charge is 0.326 e. The molecule has 0 aliphatic heterocycles. The number of halogens is 3. The Morgan fingerprint density at radius 1 is 1.04 bits per heavy atom. The van der Waals surface area contributed by atoms with Crippen LogP contribution in [0.5, 0.6) is 0 Å². The van der Waals surface area contributed by atoms with Gasteiger partial charge < -0.3 is 10.6 Å². The van der Waals surface area contributed by atoms with Crippen molar-refractivity contribution in [2.45, 2.75) is 13.3 Å². The summed E-state index contributed by atoms with van der Waals surface area (Å²) < 4.78 is 13.1. The van der Waals surface area contributed by atoms with Gasteiger partial charge in [0.2, 0.25) is 11.8 Å². The Labute approximate surface area is 154 Å². The zero-order valence-electron chi connectivity index (χ0n) is 13.3. The third kappa shape index (κ3) is 3.94. The summed E-state index contributed by atoms with van der Waals surface area (Å²) in [5, 5.41) is 5.95. The van der Waals surface area contributed by atoms with Crippen LogP contribution in [-0.2, 0) is 9.59 Å². The number of amides is 2. The van der Waals surface area contributed by atoms with Crippen molar-refractivity contribution in [3.05, 3.63) is 57.8 Å². The third-order valence-electron chi connectivity index (χ3n) is 4.18. The second-order valence-corrected chi connectivity index (χ2v) is 6.78. The molecule has 0 saturated heterocycles. The molecule has 0 bridgehead atoms. The molecule has 2 aromatic rings. The topological polar surface area (TPSA) is 58.2 Å². The van der Waals surface area contributed by atoms with Gasteiger partial charge >= 0.3 is 0 Å². The zero-order valence-corrected chi connectivity index (χ0v) is 14.8. The molecule has 0 spiro atoms. The van der Waals surface area contributed by atoms with E-state index in [4.69, 9.17) is 23.2 Å². The van der Waals surface area contributed by atoms with E-state index >= 15 is 0 Å². The van der Waals surface area contributed by atoms with Gasteiger partial charge in [0.15, 0.2) is 0 Å². The van der Waals surface area contributed by atoms with E-state index in [2.05, 4.69) is 10.6 Å². The fraction of sp³-hybridized carbons (Fsp3) is 0.222. The highest BCUT2D eigenvalue weighted by molar-refractivity contribution is 6.32. The van der Waals surface area contributed by atoms with Crippen LogP contribution in [0.25, 0.3) is 0 Å². The normalized spacial score (nSPS) is 18.6. The van der Waals surface area contributed by atoms with Crippen LogP contribution < -0.4 is 10.6 Å². The number of rotatable bonds is 4. The van der Waals surface area contributed by atoms with Crippen molar-refractivity contribution < 1.29 is 14.0 Å². The molecule has 1 aliphatic carbocycles. The number of hydrogen-bond acceptors (Lipinski definition) is 2. The van der Waals surface area contributed by atoms with Crippen molar-refractivity contribution in [1.29, 1.82) is 0 Å². The lowest BCUT2D eigenvalue weighted by molar-refractivity contribution is -0.122. The molecule has 1 saturated carbocycles. The molecular formula is C18H15Cl2FN2O2. The number of hydrogen-bond donors (Lipinski definition) is 2. The molecule has 25 heavy (non-hydrogen) atoms. The van der Waals surface area contributed by atoms with E-state index < -0.39 is 17.7 Å². The lowest BCUT2D eigenvalue weighted by Gasteiger charge is -2.09. The first-order chi connectivity index (χ1) is 11.9. The smallest absolute Gasteiger partial charge is 0.228 e. The minimum Gasteiger partial charge on any atom is -0.326 e. The Kier molecular flexibility index (Phi) is 4.97. The molecule has 2 unspecified atom stereocenters. The van der Waals surface area contributed by atoms with Gasteiger partial charge in [-0.15, -0.1) is 0 Å². The molecule has 0 radical (unpaired) electrons. The van der Waals surface area contributed by atoms with E-state index in [-0.39, 0.29) is 16.8 Å². The van der Waals surface area contributed by atoms with Crippen LogP contribution in [0, 0.1) is 24.6 Å². The molecule has 1 fully saturated rings. The zero-order chi connectivity index (χ0) is 18.1. The second kappa shape index (κ2) is 7.02. The number of carbonyl (C=O) groups is 2. The average molecular weight is 381 g/mol. The molecule has 3 rings (SSSR count). The van der Waals surface area contributed by atoms with Crippen molar-refractivity contribution >= 4 is 46.4 Å². The van der Waals surface area contributed by atoms with Gasteiger partial charge in [-0.05, 0) is 49.2 Å². The average Bonchev–Trinajstić information content (AvgIpc) is 3.36. The predicted molar refractivity (Wildman–Crippen MR) is 96.5 cm³/mol. The molecule has 2 N–H and O–H groups in total. The molecule has 7 heteroatoms. The Morgan fingerprint density at radius 3 is 2.40 bits per heavy atom. The predicted octanol–water partition coefficient (Wildman–Crippen LogP) is 4.65. The summed E-state index contributed by atoms with van der Waals surface area (Å²) in [6, 6.07) is 9.19. The van der Waals surface area contributed by atoms with Crippen molar-refractivity contribution in [2.75, 3.05) is 10.6 Å². The van der Waals surface area contributed by atoms with Gasteiger partial charge in [0.25, 0.3) is 0 Å². The van der Waals surface area contributed by atoms with Gasteiger partial charge in [0, 0.05) is 16.4 Å².